The summed E-state index contributed by atoms with van der Waals surface area (Å²) >= 11 is 1.56. The van der Waals surface area contributed by atoms with Crippen molar-refractivity contribution in [3.63, 3.8) is 0 Å². The molecule has 0 aromatic carbocycles. The van der Waals surface area contributed by atoms with E-state index >= 15 is 0 Å². The monoisotopic (exact) mass is 323 g/mol. The number of aryl methyl sites for hydroxylation is 1. The number of rotatable bonds is 4. The second-order valence-corrected chi connectivity index (χ2v) is 7.86. The van der Waals surface area contributed by atoms with Gasteiger partial charge in [-0.2, -0.15) is 0 Å². The van der Waals surface area contributed by atoms with Gasteiger partial charge in [-0.25, -0.2) is 9.78 Å². The first-order valence-electron chi connectivity index (χ1n) is 7.54. The van der Waals surface area contributed by atoms with Gasteiger partial charge in [0.25, 0.3) is 0 Å². The molecular weight excluding hydrogens is 302 g/mol. The lowest BCUT2D eigenvalue weighted by atomic mass is 9.66. The van der Waals surface area contributed by atoms with Crippen molar-refractivity contribution in [1.82, 2.24) is 4.98 Å². The van der Waals surface area contributed by atoms with Gasteiger partial charge >= 0.3 is 11.9 Å². The maximum Gasteiger partial charge on any atom is 0.351 e. The molecule has 2 heterocycles. The summed E-state index contributed by atoms with van der Waals surface area (Å²) in [4.78, 5) is 30.1. The molecule has 1 aromatic rings. The van der Waals surface area contributed by atoms with Crippen LogP contribution < -0.4 is 0 Å². The van der Waals surface area contributed by atoms with Gasteiger partial charge < -0.3 is 9.47 Å². The molecule has 2 aliphatic rings. The van der Waals surface area contributed by atoms with E-state index in [9.17, 15) is 9.59 Å². The number of carbonyl (C=O) groups excluding carboxylic acids is 2. The molecule has 22 heavy (non-hydrogen) atoms. The van der Waals surface area contributed by atoms with Gasteiger partial charge in [-0.05, 0) is 26.7 Å². The minimum absolute atomic E-state index is 0.279. The van der Waals surface area contributed by atoms with Crippen molar-refractivity contribution in [1.29, 1.82) is 0 Å². The molecular formula is C16H21NO4S. The molecule has 6 heteroatoms. The Hall–Kier alpha value is -1.43. The summed E-state index contributed by atoms with van der Waals surface area (Å²) in [6.07, 6.45) is 1.85. The van der Waals surface area contributed by atoms with E-state index in [-0.39, 0.29) is 12.6 Å². The highest BCUT2D eigenvalue weighted by molar-refractivity contribution is 7.09. The number of nitrogens with zero attached hydrogens (tertiary/aromatic N) is 1. The Labute approximate surface area is 134 Å². The van der Waals surface area contributed by atoms with Crippen molar-refractivity contribution in [2.45, 2.75) is 52.6 Å². The first-order chi connectivity index (χ1) is 10.2. The molecule has 5 nitrogen and oxygen atoms in total. The van der Waals surface area contributed by atoms with Crippen LogP contribution in [0.5, 0.6) is 0 Å². The van der Waals surface area contributed by atoms with Crippen LogP contribution in [0.25, 0.3) is 0 Å². The Bertz CT molecular complexity index is 638. The van der Waals surface area contributed by atoms with Crippen LogP contribution in [-0.4, -0.2) is 29.1 Å². The van der Waals surface area contributed by atoms with Gasteiger partial charge in [0.15, 0.2) is 0 Å². The van der Waals surface area contributed by atoms with Crippen LogP contribution in [0, 0.1) is 17.8 Å². The lowest BCUT2D eigenvalue weighted by molar-refractivity contribution is -0.183. The number of ether oxygens (including phenoxy) is 2. The van der Waals surface area contributed by atoms with Crippen LogP contribution in [0.15, 0.2) is 5.51 Å². The third kappa shape index (κ3) is 1.79. The predicted octanol–water partition coefficient (Wildman–Crippen LogP) is 2.66. The van der Waals surface area contributed by atoms with Crippen LogP contribution in [0.2, 0.25) is 0 Å². The Balaban J connectivity index is 1.70. The van der Waals surface area contributed by atoms with E-state index in [1.165, 1.54) is 0 Å². The van der Waals surface area contributed by atoms with Crippen LogP contribution in [0.3, 0.4) is 0 Å². The van der Waals surface area contributed by atoms with Crippen LogP contribution in [-0.2, 0) is 25.5 Å². The van der Waals surface area contributed by atoms with Gasteiger partial charge in [0.05, 0.1) is 23.2 Å². The third-order valence-electron chi connectivity index (χ3n) is 5.82. The summed E-state index contributed by atoms with van der Waals surface area (Å²) in [5.41, 5.74) is 0.492. The quantitative estimate of drug-likeness (QED) is 0.797. The average molecular weight is 323 g/mol. The fraction of sp³-hybridized carbons (Fsp3) is 0.688. The smallest absolute Gasteiger partial charge is 0.351 e. The molecule has 1 aromatic heterocycles. The normalized spacial score (nSPS) is 32.1. The molecule has 0 spiro atoms. The van der Waals surface area contributed by atoms with Crippen LogP contribution in [0.1, 0.15) is 44.2 Å². The highest BCUT2D eigenvalue weighted by Crippen LogP contribution is 2.65. The standard InChI is InChI=1S/C16H21NO4S/c1-10-11(22-9-17-10)5-8-20-13(19)16-7-6-15(4,12(18)21-16)14(16,2)3/h9H,5-8H2,1-4H3. The number of aromatic nitrogens is 1. The molecule has 0 radical (unpaired) electrons. The van der Waals surface area contributed by atoms with Crippen molar-refractivity contribution in [2.75, 3.05) is 6.61 Å². The zero-order chi connectivity index (χ0) is 16.2. The molecule has 2 fully saturated rings. The molecule has 2 unspecified atom stereocenters. The predicted molar refractivity (Wildman–Crippen MR) is 81.5 cm³/mol. The summed E-state index contributed by atoms with van der Waals surface area (Å²) < 4.78 is 11.0. The average Bonchev–Trinajstić information content (AvgIpc) is 2.99. The first kappa shape index (κ1) is 15.5. The summed E-state index contributed by atoms with van der Waals surface area (Å²) in [7, 11) is 0. The van der Waals surface area contributed by atoms with Gasteiger partial charge in [0.2, 0.25) is 5.60 Å². The van der Waals surface area contributed by atoms with E-state index in [0.29, 0.717) is 19.3 Å². The largest absolute Gasteiger partial charge is 0.462 e. The van der Waals surface area contributed by atoms with E-state index in [4.69, 9.17) is 9.47 Å². The Morgan fingerprint density at radius 1 is 1.41 bits per heavy atom. The Morgan fingerprint density at radius 2 is 2.14 bits per heavy atom. The van der Waals surface area contributed by atoms with Crippen LogP contribution in [0.4, 0.5) is 0 Å². The lowest BCUT2D eigenvalue weighted by Crippen LogP contribution is -2.49. The molecule has 3 rings (SSSR count). The number of hydrogen-bond acceptors (Lipinski definition) is 6. The van der Waals surface area contributed by atoms with E-state index in [1.54, 1.807) is 16.8 Å². The zero-order valence-electron chi connectivity index (χ0n) is 13.4. The second kappa shape index (κ2) is 4.78. The van der Waals surface area contributed by atoms with Gasteiger partial charge in [-0.15, -0.1) is 11.3 Å². The zero-order valence-corrected chi connectivity index (χ0v) is 14.2. The van der Waals surface area contributed by atoms with Gasteiger partial charge in [-0.1, -0.05) is 13.8 Å². The fourth-order valence-electron chi connectivity index (χ4n) is 3.62. The fourth-order valence-corrected chi connectivity index (χ4v) is 4.38. The SMILES string of the molecule is Cc1ncsc1CCOC(=O)C12CCC(C)(C(=O)O1)C2(C)C. The molecule has 120 valence electrons. The molecule has 1 aliphatic heterocycles. The molecule has 1 saturated heterocycles. The maximum atomic E-state index is 12.6. The van der Waals surface area contributed by atoms with E-state index in [2.05, 4.69) is 4.98 Å². The van der Waals surface area contributed by atoms with Gasteiger partial charge in [-0.3, -0.25) is 4.79 Å². The van der Waals surface area contributed by atoms with E-state index in [1.807, 2.05) is 27.7 Å². The third-order valence-corrected chi connectivity index (χ3v) is 6.82. The van der Waals surface area contributed by atoms with Gasteiger partial charge in [0.1, 0.15) is 0 Å². The topological polar surface area (TPSA) is 65.5 Å². The lowest BCUT2D eigenvalue weighted by Gasteiger charge is -2.34. The molecule has 0 amide bonds. The summed E-state index contributed by atoms with van der Waals surface area (Å²) in [6.45, 7) is 7.97. The van der Waals surface area contributed by atoms with Crippen molar-refractivity contribution >= 4 is 23.3 Å². The van der Waals surface area contributed by atoms with Crippen LogP contribution >= 0.6 is 11.3 Å². The first-order valence-corrected chi connectivity index (χ1v) is 8.42. The minimum Gasteiger partial charge on any atom is -0.462 e. The molecule has 0 N–H and O–H groups in total. The summed E-state index contributed by atoms with van der Waals surface area (Å²) in [5, 5.41) is 0. The highest BCUT2D eigenvalue weighted by atomic mass is 32.1. The van der Waals surface area contributed by atoms with Crippen molar-refractivity contribution in [2.24, 2.45) is 10.8 Å². The van der Waals surface area contributed by atoms with Crippen molar-refractivity contribution in [3.8, 4) is 0 Å². The number of thiazole rings is 1. The second-order valence-electron chi connectivity index (χ2n) is 6.92. The highest BCUT2D eigenvalue weighted by Gasteiger charge is 2.76. The molecule has 2 bridgehead atoms. The minimum atomic E-state index is -1.12. The Morgan fingerprint density at radius 3 is 2.64 bits per heavy atom. The molecule has 1 aliphatic carbocycles. The summed E-state index contributed by atoms with van der Waals surface area (Å²) in [6, 6.07) is 0. The van der Waals surface area contributed by atoms with Crippen molar-refractivity contribution < 1.29 is 19.1 Å². The molecule has 2 atom stereocenters. The van der Waals surface area contributed by atoms with Crippen molar-refractivity contribution in [3.05, 3.63) is 16.1 Å². The molecule has 1 saturated carbocycles. The number of hydrogen-bond donors (Lipinski definition) is 0. The van der Waals surface area contributed by atoms with E-state index in [0.717, 1.165) is 10.6 Å². The number of fused-ring (bicyclic) bond motifs is 2. The van der Waals surface area contributed by atoms with Gasteiger partial charge in [0, 0.05) is 16.7 Å². The summed E-state index contributed by atoms with van der Waals surface area (Å²) in [5.74, 6) is -0.687. The van der Waals surface area contributed by atoms with E-state index < -0.39 is 22.4 Å². The number of esters is 2. The Kier molecular flexibility index (Phi) is 3.36. The number of carbonyl (C=O) groups is 2. The maximum absolute atomic E-state index is 12.6.